The molecule has 1 aliphatic heterocycles. The quantitative estimate of drug-likeness (QED) is 0.581. The van der Waals surface area contributed by atoms with E-state index in [-0.39, 0.29) is 5.25 Å². The average Bonchev–Trinajstić information content (AvgIpc) is 1.96. The Hall–Kier alpha value is 0.270. The zero-order valence-electron chi connectivity index (χ0n) is 6.46. The molecule has 1 aliphatic rings. The topological polar surface area (TPSA) is 29.5 Å². The van der Waals surface area contributed by atoms with Crippen LogP contribution in [0.1, 0.15) is 20.3 Å². The van der Waals surface area contributed by atoms with Crippen LogP contribution in [-0.2, 0) is 4.74 Å². The van der Waals surface area contributed by atoms with Gasteiger partial charge in [-0.3, -0.25) is 0 Å². The Morgan fingerprint density at radius 2 is 2.40 bits per heavy atom. The first-order chi connectivity index (χ1) is 4.63. The average molecular weight is 162 g/mol. The largest absolute Gasteiger partial charge is 0.365 e. The van der Waals surface area contributed by atoms with Crippen LogP contribution < -0.4 is 0 Å². The van der Waals surface area contributed by atoms with E-state index in [0.717, 1.165) is 12.2 Å². The minimum absolute atomic E-state index is 0.190. The molecule has 0 aromatic rings. The highest BCUT2D eigenvalue weighted by molar-refractivity contribution is 7.99. The van der Waals surface area contributed by atoms with Gasteiger partial charge in [-0.1, -0.05) is 0 Å². The van der Waals surface area contributed by atoms with Gasteiger partial charge in [0.25, 0.3) is 0 Å². The smallest absolute Gasteiger partial charge is 0.174 e. The molecule has 1 heterocycles. The summed E-state index contributed by atoms with van der Waals surface area (Å²) in [7, 11) is 0. The van der Waals surface area contributed by atoms with E-state index in [9.17, 15) is 5.11 Å². The van der Waals surface area contributed by atoms with Gasteiger partial charge >= 0.3 is 0 Å². The molecule has 0 bridgehead atoms. The molecule has 2 nitrogen and oxygen atoms in total. The van der Waals surface area contributed by atoms with Crippen LogP contribution >= 0.6 is 11.8 Å². The summed E-state index contributed by atoms with van der Waals surface area (Å²) in [6.07, 6.45) is 1.05. The molecular weight excluding hydrogens is 148 g/mol. The maximum absolute atomic E-state index is 9.58. The summed E-state index contributed by atoms with van der Waals surface area (Å²) in [4.78, 5) is 0. The van der Waals surface area contributed by atoms with Crippen LogP contribution in [0.15, 0.2) is 0 Å². The maximum Gasteiger partial charge on any atom is 0.174 e. The van der Waals surface area contributed by atoms with Crippen LogP contribution in [0.4, 0.5) is 0 Å². The normalized spacial score (nSPS) is 42.9. The Morgan fingerprint density at radius 1 is 1.70 bits per heavy atom. The van der Waals surface area contributed by atoms with Crippen LogP contribution in [0.25, 0.3) is 0 Å². The fourth-order valence-corrected chi connectivity index (χ4v) is 1.89. The van der Waals surface area contributed by atoms with Crippen LogP contribution in [0.2, 0.25) is 0 Å². The lowest BCUT2D eigenvalue weighted by molar-refractivity contribution is -0.184. The minimum Gasteiger partial charge on any atom is -0.365 e. The second-order valence-electron chi connectivity index (χ2n) is 2.77. The Labute approximate surface area is 66.0 Å². The molecular formula is C7H14O2S. The summed E-state index contributed by atoms with van der Waals surface area (Å²) >= 11 is 1.77. The van der Waals surface area contributed by atoms with Crippen LogP contribution in [-0.4, -0.2) is 28.5 Å². The molecule has 2 unspecified atom stereocenters. The van der Waals surface area contributed by atoms with Crippen molar-refractivity contribution in [3.8, 4) is 0 Å². The van der Waals surface area contributed by atoms with Gasteiger partial charge in [-0.15, -0.1) is 0 Å². The fourth-order valence-electron chi connectivity index (χ4n) is 0.870. The second-order valence-corrected chi connectivity index (χ2v) is 4.22. The number of ether oxygens (including phenoxy) is 1. The van der Waals surface area contributed by atoms with E-state index < -0.39 is 5.79 Å². The van der Waals surface area contributed by atoms with Gasteiger partial charge in [0.1, 0.15) is 0 Å². The Kier molecular flexibility index (Phi) is 2.61. The lowest BCUT2D eigenvalue weighted by Crippen LogP contribution is -2.37. The zero-order valence-corrected chi connectivity index (χ0v) is 7.28. The maximum atomic E-state index is 9.58. The first kappa shape index (κ1) is 8.37. The first-order valence-corrected chi connectivity index (χ1v) is 4.66. The lowest BCUT2D eigenvalue weighted by Gasteiger charge is -2.26. The molecule has 1 fully saturated rings. The zero-order chi connectivity index (χ0) is 7.61. The molecule has 1 N–H and O–H groups in total. The summed E-state index contributed by atoms with van der Waals surface area (Å²) in [5.41, 5.74) is 0. The van der Waals surface area contributed by atoms with Gasteiger partial charge < -0.3 is 9.84 Å². The molecule has 0 aliphatic carbocycles. The van der Waals surface area contributed by atoms with E-state index in [1.165, 1.54) is 0 Å². The van der Waals surface area contributed by atoms with Crippen molar-refractivity contribution in [1.82, 2.24) is 0 Å². The van der Waals surface area contributed by atoms with E-state index in [1.54, 1.807) is 18.7 Å². The van der Waals surface area contributed by atoms with Gasteiger partial charge in [-0.2, -0.15) is 11.8 Å². The molecule has 0 saturated carbocycles. The predicted molar refractivity (Wildman–Crippen MR) is 43.1 cm³/mol. The highest BCUT2D eigenvalue weighted by Crippen LogP contribution is 2.27. The van der Waals surface area contributed by atoms with Crippen molar-refractivity contribution >= 4 is 11.8 Å². The van der Waals surface area contributed by atoms with Crippen LogP contribution in [0, 0.1) is 0 Å². The summed E-state index contributed by atoms with van der Waals surface area (Å²) in [6, 6.07) is 0. The van der Waals surface area contributed by atoms with Crippen molar-refractivity contribution in [2.45, 2.75) is 31.3 Å². The summed E-state index contributed by atoms with van der Waals surface area (Å²) in [5.74, 6) is 0.179. The Balaban J connectivity index is 2.52. The van der Waals surface area contributed by atoms with Gasteiger partial charge in [0.05, 0.1) is 11.9 Å². The molecule has 0 spiro atoms. The predicted octanol–water partition coefficient (Wildman–Crippen LogP) is 1.24. The van der Waals surface area contributed by atoms with Gasteiger partial charge in [0.15, 0.2) is 5.79 Å². The Morgan fingerprint density at radius 3 is 3.10 bits per heavy atom. The van der Waals surface area contributed by atoms with Gasteiger partial charge in [0.2, 0.25) is 0 Å². The van der Waals surface area contributed by atoms with E-state index >= 15 is 0 Å². The summed E-state index contributed by atoms with van der Waals surface area (Å²) in [5, 5.41) is 9.77. The highest BCUT2D eigenvalue weighted by Gasteiger charge is 2.30. The first-order valence-electron chi connectivity index (χ1n) is 3.61. The summed E-state index contributed by atoms with van der Waals surface area (Å²) < 4.78 is 5.24. The molecule has 0 aromatic carbocycles. The number of hydrogen-bond donors (Lipinski definition) is 1. The number of hydrogen-bond acceptors (Lipinski definition) is 3. The van der Waals surface area contributed by atoms with Crippen molar-refractivity contribution in [3.05, 3.63) is 0 Å². The molecule has 2 atom stereocenters. The van der Waals surface area contributed by atoms with E-state index in [1.807, 2.05) is 6.92 Å². The Bertz CT molecular complexity index is 114. The number of aliphatic hydroxyl groups is 1. The molecule has 10 heavy (non-hydrogen) atoms. The van der Waals surface area contributed by atoms with E-state index in [4.69, 9.17) is 4.74 Å². The van der Waals surface area contributed by atoms with Crippen molar-refractivity contribution in [2.75, 3.05) is 12.4 Å². The van der Waals surface area contributed by atoms with Gasteiger partial charge in [0, 0.05) is 0 Å². The highest BCUT2D eigenvalue weighted by atomic mass is 32.2. The molecule has 0 aromatic heterocycles. The molecule has 60 valence electrons. The minimum atomic E-state index is -0.916. The third-order valence-corrected chi connectivity index (χ3v) is 3.27. The molecule has 3 heteroatoms. The molecule has 1 rings (SSSR count). The van der Waals surface area contributed by atoms with Gasteiger partial charge in [-0.25, -0.2) is 0 Å². The number of rotatable bonds is 0. The second kappa shape index (κ2) is 3.11. The van der Waals surface area contributed by atoms with Gasteiger partial charge in [-0.05, 0) is 26.0 Å². The molecule has 0 amide bonds. The van der Waals surface area contributed by atoms with E-state index in [2.05, 4.69) is 0 Å². The standard InChI is InChI=1S/C7H14O2S/c1-6-7(2,8)9-4-3-5-10-6/h6,8H,3-5H2,1-2H3. The third kappa shape index (κ3) is 1.87. The molecule has 1 saturated heterocycles. The fraction of sp³-hybridized carbons (Fsp3) is 1.00. The van der Waals surface area contributed by atoms with Crippen molar-refractivity contribution in [3.63, 3.8) is 0 Å². The third-order valence-electron chi connectivity index (χ3n) is 1.81. The van der Waals surface area contributed by atoms with Crippen molar-refractivity contribution in [2.24, 2.45) is 0 Å². The van der Waals surface area contributed by atoms with Crippen LogP contribution in [0.3, 0.4) is 0 Å². The van der Waals surface area contributed by atoms with Crippen molar-refractivity contribution in [1.29, 1.82) is 0 Å². The van der Waals surface area contributed by atoms with E-state index in [0.29, 0.717) is 6.61 Å². The SMILES string of the molecule is CC1SCCCOC1(C)O. The molecule has 0 radical (unpaired) electrons. The number of thioether (sulfide) groups is 1. The lowest BCUT2D eigenvalue weighted by atomic mass is 10.2. The summed E-state index contributed by atoms with van der Waals surface area (Å²) in [6.45, 7) is 4.41. The monoisotopic (exact) mass is 162 g/mol. The van der Waals surface area contributed by atoms with Crippen molar-refractivity contribution < 1.29 is 9.84 Å². The van der Waals surface area contributed by atoms with Crippen LogP contribution in [0.5, 0.6) is 0 Å².